The summed E-state index contributed by atoms with van der Waals surface area (Å²) in [6.45, 7) is 5.68. The second-order valence-electron chi connectivity index (χ2n) is 7.67. The van der Waals surface area contributed by atoms with E-state index < -0.39 is 27.9 Å². The highest BCUT2D eigenvalue weighted by molar-refractivity contribution is 7.90. The third kappa shape index (κ3) is 5.44. The fourth-order valence-corrected chi connectivity index (χ4v) is 4.38. The van der Waals surface area contributed by atoms with Gasteiger partial charge in [0.2, 0.25) is 0 Å². The first-order valence-electron chi connectivity index (χ1n) is 10.3. The number of nitrogens with one attached hydrogen (secondary N) is 4. The Balaban J connectivity index is 1.66. The Morgan fingerprint density at radius 2 is 1.75 bits per heavy atom. The fraction of sp³-hybridized carbons (Fsp3) is 0.318. The summed E-state index contributed by atoms with van der Waals surface area (Å²) in [6.07, 6.45) is 0.631. The molecule has 4 N–H and O–H groups in total. The first kappa shape index (κ1) is 23.3. The summed E-state index contributed by atoms with van der Waals surface area (Å²) < 4.78 is 27.1. The van der Waals surface area contributed by atoms with E-state index in [-0.39, 0.29) is 23.2 Å². The fourth-order valence-electron chi connectivity index (χ4n) is 3.14. The van der Waals surface area contributed by atoms with Crippen molar-refractivity contribution < 1.29 is 18.0 Å². The summed E-state index contributed by atoms with van der Waals surface area (Å²) in [6, 6.07) is 13.1. The summed E-state index contributed by atoms with van der Waals surface area (Å²) in [5.74, 6) is -1.03. The van der Waals surface area contributed by atoms with Crippen LogP contribution in [-0.4, -0.2) is 38.7 Å². The maximum Gasteiger partial charge on any atom is 0.263 e. The zero-order valence-electron chi connectivity index (χ0n) is 18.2. The average molecular weight is 458 g/mol. The number of rotatable bonds is 7. The molecule has 0 aromatic heterocycles. The number of carbonyl (C=O) groups is 2. The van der Waals surface area contributed by atoms with Gasteiger partial charge in [-0.3, -0.25) is 30.2 Å². The summed E-state index contributed by atoms with van der Waals surface area (Å²) in [4.78, 5) is 29.5. The Morgan fingerprint density at radius 3 is 2.44 bits per heavy atom. The Bertz CT molecular complexity index is 1130. The third-order valence-corrected chi connectivity index (χ3v) is 6.61. The van der Waals surface area contributed by atoms with Crippen molar-refractivity contribution in [2.24, 2.45) is 10.9 Å². The van der Waals surface area contributed by atoms with Gasteiger partial charge in [-0.2, -0.15) is 0 Å². The maximum atomic E-state index is 12.8. The minimum Gasteiger partial charge on any atom is -0.376 e. The maximum absolute atomic E-state index is 12.8. The Labute approximate surface area is 187 Å². The zero-order valence-corrected chi connectivity index (χ0v) is 19.0. The van der Waals surface area contributed by atoms with Gasteiger partial charge < -0.3 is 5.32 Å². The molecule has 32 heavy (non-hydrogen) atoms. The van der Waals surface area contributed by atoms with Crippen molar-refractivity contribution in [2.45, 2.75) is 38.1 Å². The molecule has 9 nitrogen and oxygen atoms in total. The van der Waals surface area contributed by atoms with Crippen LogP contribution in [0.1, 0.15) is 31.4 Å². The van der Waals surface area contributed by atoms with Crippen LogP contribution in [0, 0.1) is 12.8 Å². The number of anilines is 1. The largest absolute Gasteiger partial charge is 0.376 e. The molecule has 2 aromatic carbocycles. The lowest BCUT2D eigenvalue weighted by Crippen LogP contribution is -2.49. The Hall–Kier alpha value is -3.40. The highest BCUT2D eigenvalue weighted by Gasteiger charge is 2.33. The Morgan fingerprint density at radius 1 is 1.06 bits per heavy atom. The van der Waals surface area contributed by atoms with Gasteiger partial charge in [0, 0.05) is 11.3 Å². The van der Waals surface area contributed by atoms with E-state index in [1.807, 2.05) is 45.0 Å². The minimum atomic E-state index is -3.71. The molecule has 3 rings (SSSR count). The molecule has 2 atom stereocenters. The lowest BCUT2D eigenvalue weighted by molar-refractivity contribution is -0.129. The highest BCUT2D eigenvalue weighted by Crippen LogP contribution is 2.24. The molecule has 10 heteroatoms. The van der Waals surface area contributed by atoms with Gasteiger partial charge in [0.15, 0.2) is 0 Å². The topological polar surface area (TPSA) is 129 Å². The molecule has 0 bridgehead atoms. The number of nitrogens with zero attached hydrogens (tertiary/aromatic N) is 1. The van der Waals surface area contributed by atoms with E-state index in [9.17, 15) is 18.0 Å². The molecule has 1 heterocycles. The van der Waals surface area contributed by atoms with Crippen molar-refractivity contribution >= 4 is 33.4 Å². The zero-order chi connectivity index (χ0) is 23.3. The van der Waals surface area contributed by atoms with Crippen LogP contribution in [0.2, 0.25) is 0 Å². The van der Waals surface area contributed by atoms with Crippen molar-refractivity contribution in [1.29, 1.82) is 0 Å². The van der Waals surface area contributed by atoms with Crippen LogP contribution >= 0.6 is 0 Å². The second-order valence-corrected chi connectivity index (χ2v) is 9.32. The van der Waals surface area contributed by atoms with Gasteiger partial charge in [-0.15, -0.1) is 0 Å². The van der Waals surface area contributed by atoms with Crippen LogP contribution in [-0.2, 0) is 19.6 Å². The van der Waals surface area contributed by atoms with E-state index in [0.29, 0.717) is 12.0 Å². The van der Waals surface area contributed by atoms with Crippen LogP contribution in [0.4, 0.5) is 5.69 Å². The molecule has 1 aliphatic rings. The number of carbonyl (C=O) groups excluding carboxylic acids is 2. The van der Waals surface area contributed by atoms with Crippen LogP contribution in [0.3, 0.4) is 0 Å². The lowest BCUT2D eigenvalue weighted by atomic mass is 9.99. The first-order chi connectivity index (χ1) is 15.2. The average Bonchev–Trinajstić information content (AvgIpc) is 3.05. The third-order valence-electron chi connectivity index (χ3n) is 5.21. The molecule has 0 saturated carbocycles. The number of amidine groups is 1. The van der Waals surface area contributed by atoms with Gasteiger partial charge in [0.1, 0.15) is 11.9 Å². The number of benzene rings is 2. The van der Waals surface area contributed by atoms with Gasteiger partial charge in [-0.05, 0) is 37.1 Å². The van der Waals surface area contributed by atoms with Crippen LogP contribution in [0.25, 0.3) is 0 Å². The summed E-state index contributed by atoms with van der Waals surface area (Å²) in [5, 5.41) is 2.97. The van der Waals surface area contributed by atoms with Crippen molar-refractivity contribution in [3.63, 3.8) is 0 Å². The second kappa shape index (κ2) is 9.82. The monoisotopic (exact) mass is 457 g/mol. The van der Waals surface area contributed by atoms with E-state index in [4.69, 9.17) is 0 Å². The summed E-state index contributed by atoms with van der Waals surface area (Å²) in [7, 11) is -3.71. The molecule has 170 valence electrons. The molecule has 0 unspecified atom stereocenters. The number of hydrogen-bond acceptors (Lipinski definition) is 6. The number of aliphatic imine (C=N–C) groups is 1. The first-order valence-corrected chi connectivity index (χ1v) is 11.8. The lowest BCUT2D eigenvalue weighted by Gasteiger charge is -2.19. The van der Waals surface area contributed by atoms with E-state index in [1.54, 1.807) is 18.2 Å². The molecular weight excluding hydrogens is 430 g/mol. The predicted octanol–water partition coefficient (Wildman–Crippen LogP) is 1.71. The van der Waals surface area contributed by atoms with Gasteiger partial charge in [0.05, 0.1) is 11.4 Å². The van der Waals surface area contributed by atoms with Gasteiger partial charge >= 0.3 is 0 Å². The number of amides is 2. The van der Waals surface area contributed by atoms with Crippen LogP contribution in [0.15, 0.2) is 58.4 Å². The molecular formula is C22H27N5O4S. The van der Waals surface area contributed by atoms with Crippen molar-refractivity contribution in [2.75, 3.05) is 11.9 Å². The quantitative estimate of drug-likeness (QED) is 0.471. The number of hydrazine groups is 1. The standard InChI is InChI=1S/C22H27N5O4S/c1-4-15(3)20(24-21-17-7-5-6-8-18(17)32(30,31)27-21)22(29)26-25-19(28)13-23-16-11-9-14(2)10-12-16/h5-12,15,20,23H,4,13H2,1-3H3,(H,24,27)(H,25,28)(H,26,29)/t15-,20-/m0/s1. The molecule has 0 radical (unpaired) electrons. The summed E-state index contributed by atoms with van der Waals surface area (Å²) in [5.41, 5.74) is 7.08. The van der Waals surface area contributed by atoms with Crippen molar-refractivity contribution in [3.8, 4) is 0 Å². The van der Waals surface area contributed by atoms with E-state index in [1.165, 1.54) is 6.07 Å². The van der Waals surface area contributed by atoms with E-state index in [2.05, 4.69) is 25.9 Å². The van der Waals surface area contributed by atoms with E-state index in [0.717, 1.165) is 11.3 Å². The molecule has 2 aromatic rings. The molecule has 1 aliphatic heterocycles. The predicted molar refractivity (Wildman–Crippen MR) is 122 cm³/mol. The number of hydrogen-bond donors (Lipinski definition) is 4. The molecule has 0 fully saturated rings. The normalized spacial score (nSPS) is 17.0. The van der Waals surface area contributed by atoms with Crippen LogP contribution in [0.5, 0.6) is 0 Å². The van der Waals surface area contributed by atoms with Crippen LogP contribution < -0.4 is 20.9 Å². The number of aryl methyl sites for hydroxylation is 1. The SMILES string of the molecule is CC[C@H](C)[C@H](N=C1NS(=O)(=O)c2ccccc21)C(=O)NNC(=O)CNc1ccc(C)cc1. The van der Waals surface area contributed by atoms with E-state index >= 15 is 0 Å². The molecule has 0 spiro atoms. The Kier molecular flexibility index (Phi) is 7.14. The van der Waals surface area contributed by atoms with Gasteiger partial charge in [-0.1, -0.05) is 50.1 Å². The molecule has 0 aliphatic carbocycles. The smallest absolute Gasteiger partial charge is 0.263 e. The minimum absolute atomic E-state index is 0.0287. The number of fused-ring (bicyclic) bond motifs is 1. The van der Waals surface area contributed by atoms with Crippen molar-refractivity contribution in [3.05, 3.63) is 59.7 Å². The van der Waals surface area contributed by atoms with Crippen molar-refractivity contribution in [1.82, 2.24) is 15.6 Å². The highest BCUT2D eigenvalue weighted by atomic mass is 32.2. The summed E-state index contributed by atoms with van der Waals surface area (Å²) >= 11 is 0. The van der Waals surface area contributed by atoms with Gasteiger partial charge in [-0.25, -0.2) is 8.42 Å². The molecule has 2 amide bonds. The number of sulfonamides is 1. The van der Waals surface area contributed by atoms with Gasteiger partial charge in [0.25, 0.3) is 21.8 Å². The molecule has 0 saturated heterocycles.